The summed E-state index contributed by atoms with van der Waals surface area (Å²) in [7, 11) is 0. The Morgan fingerprint density at radius 1 is 1.11 bits per heavy atom. The maximum absolute atomic E-state index is 6.29. The van der Waals surface area contributed by atoms with Gasteiger partial charge in [-0.2, -0.15) is 0 Å². The summed E-state index contributed by atoms with van der Waals surface area (Å²) < 4.78 is 0. The number of fused-ring (bicyclic) bond motifs is 1. The molecule has 0 saturated heterocycles. The molecular weight excluding hydrogens is 277 g/mol. The largest absolute Gasteiger partial charge is 0.378 e. The fourth-order valence-corrected chi connectivity index (χ4v) is 3.24. The zero-order chi connectivity index (χ0) is 13.6. The highest BCUT2D eigenvalue weighted by Crippen LogP contribution is 2.39. The molecule has 3 rings (SSSR count). The molecule has 98 valence electrons. The zero-order valence-electron chi connectivity index (χ0n) is 10.9. The molecule has 1 nitrogen and oxygen atoms in total. The average molecular weight is 292 g/mol. The molecule has 19 heavy (non-hydrogen) atoms. The van der Waals surface area contributed by atoms with E-state index in [1.165, 1.54) is 22.4 Å². The Morgan fingerprint density at radius 3 is 2.68 bits per heavy atom. The number of nitrogens with one attached hydrogen (secondary N) is 1. The summed E-state index contributed by atoms with van der Waals surface area (Å²) in [4.78, 5) is 0. The molecule has 0 bridgehead atoms. The van der Waals surface area contributed by atoms with Gasteiger partial charge in [-0.3, -0.25) is 0 Å². The number of rotatable bonds is 1. The van der Waals surface area contributed by atoms with Crippen LogP contribution >= 0.6 is 23.2 Å². The van der Waals surface area contributed by atoms with Crippen LogP contribution in [-0.4, -0.2) is 0 Å². The van der Waals surface area contributed by atoms with Gasteiger partial charge in [0.15, 0.2) is 0 Å². The second kappa shape index (κ2) is 4.73. The van der Waals surface area contributed by atoms with E-state index >= 15 is 0 Å². The standard InChI is InChI=1S/C16H15Cl2N/c1-9-5-10(2)12-8-16(19-15(12)6-9)13-7-11(17)3-4-14(13)18/h3-7,16,19H,8H2,1-2H3. The van der Waals surface area contributed by atoms with Crippen molar-refractivity contribution in [1.82, 2.24) is 0 Å². The first-order chi connectivity index (χ1) is 9.04. The van der Waals surface area contributed by atoms with Crippen molar-refractivity contribution in [3.8, 4) is 0 Å². The molecule has 0 radical (unpaired) electrons. The zero-order valence-corrected chi connectivity index (χ0v) is 12.4. The minimum Gasteiger partial charge on any atom is -0.378 e. The first-order valence-electron chi connectivity index (χ1n) is 6.36. The molecule has 1 aliphatic heterocycles. The third-order valence-corrected chi connectivity index (χ3v) is 4.27. The van der Waals surface area contributed by atoms with Gasteiger partial charge in [0.2, 0.25) is 0 Å². The summed E-state index contributed by atoms with van der Waals surface area (Å²) in [5.74, 6) is 0. The van der Waals surface area contributed by atoms with Crippen LogP contribution in [0, 0.1) is 13.8 Å². The monoisotopic (exact) mass is 291 g/mol. The summed E-state index contributed by atoms with van der Waals surface area (Å²) >= 11 is 12.4. The molecule has 2 aromatic rings. The Balaban J connectivity index is 2.00. The van der Waals surface area contributed by atoms with E-state index in [4.69, 9.17) is 23.2 Å². The molecule has 0 amide bonds. The summed E-state index contributed by atoms with van der Waals surface area (Å²) in [5.41, 5.74) is 6.29. The molecular formula is C16H15Cl2N. The van der Waals surface area contributed by atoms with Crippen LogP contribution in [0.2, 0.25) is 10.0 Å². The van der Waals surface area contributed by atoms with Crippen molar-refractivity contribution in [2.24, 2.45) is 0 Å². The number of hydrogen-bond donors (Lipinski definition) is 1. The van der Waals surface area contributed by atoms with Gasteiger partial charge in [-0.25, -0.2) is 0 Å². The fourth-order valence-electron chi connectivity index (χ4n) is 2.81. The lowest BCUT2D eigenvalue weighted by molar-refractivity contribution is 0.821. The second-order valence-corrected chi connectivity index (χ2v) is 6.02. The molecule has 1 unspecified atom stereocenters. The maximum atomic E-state index is 6.29. The number of benzene rings is 2. The summed E-state index contributed by atoms with van der Waals surface area (Å²) in [5, 5.41) is 5.05. The smallest absolute Gasteiger partial charge is 0.0570 e. The van der Waals surface area contributed by atoms with E-state index in [0.29, 0.717) is 0 Å². The molecule has 1 atom stereocenters. The van der Waals surface area contributed by atoms with E-state index in [2.05, 4.69) is 31.3 Å². The maximum Gasteiger partial charge on any atom is 0.0570 e. The molecule has 0 spiro atoms. The summed E-state index contributed by atoms with van der Waals surface area (Å²) in [6.45, 7) is 4.28. The molecule has 0 aromatic heterocycles. The molecule has 2 aromatic carbocycles. The van der Waals surface area contributed by atoms with E-state index < -0.39 is 0 Å². The first kappa shape index (κ1) is 12.8. The van der Waals surface area contributed by atoms with Crippen molar-refractivity contribution in [1.29, 1.82) is 0 Å². The van der Waals surface area contributed by atoms with E-state index in [0.717, 1.165) is 22.0 Å². The van der Waals surface area contributed by atoms with Crippen LogP contribution in [0.1, 0.15) is 28.3 Å². The highest BCUT2D eigenvalue weighted by atomic mass is 35.5. The Bertz CT molecular complexity index is 649. The normalized spacial score (nSPS) is 17.2. The molecule has 1 heterocycles. The Morgan fingerprint density at radius 2 is 1.89 bits per heavy atom. The van der Waals surface area contributed by atoms with E-state index in [9.17, 15) is 0 Å². The van der Waals surface area contributed by atoms with E-state index in [1.807, 2.05) is 18.2 Å². The third-order valence-electron chi connectivity index (χ3n) is 3.69. The minimum absolute atomic E-state index is 0.210. The quantitative estimate of drug-likeness (QED) is 0.750. The lowest BCUT2D eigenvalue weighted by Gasteiger charge is -2.14. The molecule has 0 saturated carbocycles. The van der Waals surface area contributed by atoms with Gasteiger partial charge in [0.05, 0.1) is 6.04 Å². The lowest BCUT2D eigenvalue weighted by atomic mass is 9.99. The van der Waals surface area contributed by atoms with Gasteiger partial charge < -0.3 is 5.32 Å². The van der Waals surface area contributed by atoms with Gasteiger partial charge in [-0.15, -0.1) is 0 Å². The van der Waals surface area contributed by atoms with Gasteiger partial charge >= 0.3 is 0 Å². The van der Waals surface area contributed by atoms with Crippen molar-refractivity contribution in [2.75, 3.05) is 5.32 Å². The van der Waals surface area contributed by atoms with Crippen molar-refractivity contribution >= 4 is 28.9 Å². The van der Waals surface area contributed by atoms with Gasteiger partial charge in [-0.05, 0) is 66.8 Å². The van der Waals surface area contributed by atoms with Gasteiger partial charge in [-0.1, -0.05) is 29.3 Å². The van der Waals surface area contributed by atoms with Crippen LogP contribution in [0.3, 0.4) is 0 Å². The average Bonchev–Trinajstić information content (AvgIpc) is 2.76. The van der Waals surface area contributed by atoms with Crippen LogP contribution < -0.4 is 5.32 Å². The van der Waals surface area contributed by atoms with Gasteiger partial charge in [0.1, 0.15) is 0 Å². The van der Waals surface area contributed by atoms with Crippen LogP contribution in [0.15, 0.2) is 30.3 Å². The number of hydrogen-bond acceptors (Lipinski definition) is 1. The van der Waals surface area contributed by atoms with Crippen molar-refractivity contribution in [3.63, 3.8) is 0 Å². The Hall–Kier alpha value is -1.18. The van der Waals surface area contributed by atoms with Crippen LogP contribution in [0.5, 0.6) is 0 Å². The first-order valence-corrected chi connectivity index (χ1v) is 7.12. The van der Waals surface area contributed by atoms with Crippen LogP contribution in [-0.2, 0) is 6.42 Å². The molecule has 3 heteroatoms. The molecule has 0 fully saturated rings. The van der Waals surface area contributed by atoms with Gasteiger partial charge in [0.25, 0.3) is 0 Å². The Kier molecular flexibility index (Phi) is 3.20. The predicted octanol–water partition coefficient (Wildman–Crippen LogP) is 5.32. The molecule has 0 aliphatic carbocycles. The van der Waals surface area contributed by atoms with Crippen LogP contribution in [0.4, 0.5) is 5.69 Å². The van der Waals surface area contributed by atoms with Crippen molar-refractivity contribution in [3.05, 3.63) is 62.6 Å². The topological polar surface area (TPSA) is 12.0 Å². The van der Waals surface area contributed by atoms with E-state index in [-0.39, 0.29) is 6.04 Å². The van der Waals surface area contributed by atoms with E-state index in [1.54, 1.807) is 0 Å². The predicted molar refractivity (Wildman–Crippen MR) is 82.4 cm³/mol. The lowest BCUT2D eigenvalue weighted by Crippen LogP contribution is -2.06. The minimum atomic E-state index is 0.210. The molecule has 1 aliphatic rings. The number of aryl methyl sites for hydroxylation is 2. The van der Waals surface area contributed by atoms with Crippen LogP contribution in [0.25, 0.3) is 0 Å². The highest BCUT2D eigenvalue weighted by Gasteiger charge is 2.25. The molecule has 1 N–H and O–H groups in total. The number of anilines is 1. The number of halogens is 2. The second-order valence-electron chi connectivity index (χ2n) is 5.17. The Labute approximate surface area is 123 Å². The summed E-state index contributed by atoms with van der Waals surface area (Å²) in [6, 6.07) is 10.3. The third kappa shape index (κ3) is 2.33. The summed E-state index contributed by atoms with van der Waals surface area (Å²) in [6.07, 6.45) is 0.960. The SMILES string of the molecule is Cc1cc(C)c2c(c1)NC(c1cc(Cl)ccc1Cl)C2. The van der Waals surface area contributed by atoms with Crippen molar-refractivity contribution in [2.45, 2.75) is 26.3 Å². The van der Waals surface area contributed by atoms with Crippen molar-refractivity contribution < 1.29 is 0 Å². The van der Waals surface area contributed by atoms with Gasteiger partial charge in [0, 0.05) is 15.7 Å². The highest BCUT2D eigenvalue weighted by molar-refractivity contribution is 6.33. The fraction of sp³-hybridized carbons (Fsp3) is 0.250.